The summed E-state index contributed by atoms with van der Waals surface area (Å²) >= 11 is 0. The van der Waals surface area contributed by atoms with Crippen molar-refractivity contribution in [2.75, 3.05) is 18.5 Å². The number of nitrogens with one attached hydrogen (secondary N) is 1. The second-order valence-corrected chi connectivity index (χ2v) is 3.65. The van der Waals surface area contributed by atoms with Gasteiger partial charge in [0.15, 0.2) is 0 Å². The van der Waals surface area contributed by atoms with Crippen LogP contribution in [0.5, 0.6) is 0 Å². The molecule has 0 unspecified atom stereocenters. The fourth-order valence-electron chi connectivity index (χ4n) is 1.39. The predicted molar refractivity (Wildman–Crippen MR) is 63.2 cm³/mol. The van der Waals surface area contributed by atoms with Gasteiger partial charge in [0, 0.05) is 6.07 Å². The van der Waals surface area contributed by atoms with E-state index in [4.69, 9.17) is 0 Å². The first kappa shape index (κ1) is 15.7. The Balaban J connectivity index is 3.01. The van der Waals surface area contributed by atoms with Gasteiger partial charge in [-0.2, -0.15) is 13.2 Å². The zero-order chi connectivity index (χ0) is 15.3. The van der Waals surface area contributed by atoms with Gasteiger partial charge >= 0.3 is 12.1 Å². The lowest BCUT2D eigenvalue weighted by Crippen LogP contribution is -2.18. The van der Waals surface area contributed by atoms with Gasteiger partial charge in [0.25, 0.3) is 5.69 Å². The van der Waals surface area contributed by atoms with Crippen molar-refractivity contribution < 1.29 is 27.6 Å². The minimum absolute atomic E-state index is 0.102. The number of benzene rings is 1. The van der Waals surface area contributed by atoms with Gasteiger partial charge in [0.1, 0.15) is 12.2 Å². The van der Waals surface area contributed by atoms with Crippen molar-refractivity contribution in [1.82, 2.24) is 0 Å². The molecule has 1 N–H and O–H groups in total. The molecule has 0 aromatic heterocycles. The number of nitro benzene ring substituents is 1. The number of hydrogen-bond acceptors (Lipinski definition) is 5. The molecule has 0 spiro atoms. The van der Waals surface area contributed by atoms with Gasteiger partial charge in [0.2, 0.25) is 0 Å². The highest BCUT2D eigenvalue weighted by Gasteiger charge is 2.32. The lowest BCUT2D eigenvalue weighted by molar-refractivity contribution is -0.384. The fraction of sp³-hybridized carbons (Fsp3) is 0.364. The van der Waals surface area contributed by atoms with E-state index in [0.717, 1.165) is 6.07 Å². The highest BCUT2D eigenvalue weighted by molar-refractivity contribution is 5.76. The summed E-state index contributed by atoms with van der Waals surface area (Å²) in [6.07, 6.45) is -4.63. The maximum atomic E-state index is 12.5. The number of ether oxygens (including phenoxy) is 1. The highest BCUT2D eigenvalue weighted by atomic mass is 19.4. The quantitative estimate of drug-likeness (QED) is 0.512. The molecule has 9 heteroatoms. The number of anilines is 1. The smallest absolute Gasteiger partial charge is 0.416 e. The minimum atomic E-state index is -4.63. The zero-order valence-corrected chi connectivity index (χ0v) is 10.4. The third kappa shape index (κ3) is 4.11. The Labute approximate surface area is 111 Å². The highest BCUT2D eigenvalue weighted by Crippen LogP contribution is 2.34. The van der Waals surface area contributed by atoms with Crippen LogP contribution in [-0.2, 0) is 15.7 Å². The summed E-state index contributed by atoms with van der Waals surface area (Å²) in [5.41, 5.74) is -1.99. The molecule has 110 valence electrons. The zero-order valence-electron chi connectivity index (χ0n) is 10.4. The van der Waals surface area contributed by atoms with Crippen LogP contribution in [0.15, 0.2) is 18.2 Å². The number of rotatable bonds is 5. The molecular weight excluding hydrogens is 281 g/mol. The van der Waals surface area contributed by atoms with Crippen molar-refractivity contribution in [3.8, 4) is 0 Å². The summed E-state index contributed by atoms with van der Waals surface area (Å²) in [5.74, 6) is -0.723. The normalized spacial score (nSPS) is 11.0. The van der Waals surface area contributed by atoms with Crippen LogP contribution >= 0.6 is 0 Å². The molecule has 1 aromatic rings. The lowest BCUT2D eigenvalue weighted by Gasteiger charge is -2.10. The molecule has 0 aliphatic carbocycles. The molecule has 0 amide bonds. The number of nitrogens with zero attached hydrogens (tertiary/aromatic N) is 1. The Bertz CT molecular complexity index is 517. The van der Waals surface area contributed by atoms with Crippen molar-refractivity contribution in [3.63, 3.8) is 0 Å². The van der Waals surface area contributed by atoms with Crippen molar-refractivity contribution in [2.24, 2.45) is 0 Å². The van der Waals surface area contributed by atoms with Crippen molar-refractivity contribution in [2.45, 2.75) is 13.1 Å². The van der Waals surface area contributed by atoms with E-state index in [-0.39, 0.29) is 6.61 Å². The first-order valence-corrected chi connectivity index (χ1v) is 5.50. The summed E-state index contributed by atoms with van der Waals surface area (Å²) in [6.45, 7) is 1.20. The molecule has 1 aromatic carbocycles. The van der Waals surface area contributed by atoms with Gasteiger partial charge in [0.05, 0.1) is 17.1 Å². The Morgan fingerprint density at radius 2 is 2.10 bits per heavy atom. The second kappa shape index (κ2) is 6.22. The van der Waals surface area contributed by atoms with E-state index in [0.29, 0.717) is 12.1 Å². The van der Waals surface area contributed by atoms with Crippen LogP contribution in [0.2, 0.25) is 0 Å². The van der Waals surface area contributed by atoms with Gasteiger partial charge in [-0.3, -0.25) is 14.9 Å². The summed E-state index contributed by atoms with van der Waals surface area (Å²) in [4.78, 5) is 21.0. The molecule has 0 atom stereocenters. The van der Waals surface area contributed by atoms with Crippen LogP contribution in [0, 0.1) is 10.1 Å². The maximum absolute atomic E-state index is 12.5. The SMILES string of the molecule is CCOC(=O)CNc1cc(C(F)(F)F)ccc1[N+](=O)[O-]. The van der Waals surface area contributed by atoms with E-state index >= 15 is 0 Å². The van der Waals surface area contributed by atoms with Gasteiger partial charge in [-0.15, -0.1) is 0 Å². The van der Waals surface area contributed by atoms with E-state index < -0.39 is 40.6 Å². The van der Waals surface area contributed by atoms with E-state index in [1.165, 1.54) is 0 Å². The third-order valence-electron chi connectivity index (χ3n) is 2.25. The number of halogens is 3. The molecule has 0 radical (unpaired) electrons. The van der Waals surface area contributed by atoms with Crippen LogP contribution in [0.3, 0.4) is 0 Å². The summed E-state index contributed by atoms with van der Waals surface area (Å²) in [7, 11) is 0. The molecule has 1 rings (SSSR count). The Kier molecular flexibility index (Phi) is 4.89. The molecule has 0 aliphatic heterocycles. The maximum Gasteiger partial charge on any atom is 0.416 e. The Hall–Kier alpha value is -2.32. The van der Waals surface area contributed by atoms with E-state index in [2.05, 4.69) is 10.1 Å². The number of hydrogen-bond donors (Lipinski definition) is 1. The molecule has 0 heterocycles. The molecular formula is C11H11F3N2O4. The average Bonchev–Trinajstić information content (AvgIpc) is 2.35. The lowest BCUT2D eigenvalue weighted by atomic mass is 10.1. The monoisotopic (exact) mass is 292 g/mol. The number of nitro groups is 1. The van der Waals surface area contributed by atoms with Gasteiger partial charge < -0.3 is 10.1 Å². The largest absolute Gasteiger partial charge is 0.465 e. The standard InChI is InChI=1S/C11H11F3N2O4/c1-2-20-10(17)6-15-8-5-7(11(12,13)14)3-4-9(8)16(18)19/h3-5,15H,2,6H2,1H3. The number of carbonyl (C=O) groups excluding carboxylic acids is 1. The molecule has 0 bridgehead atoms. The van der Waals surface area contributed by atoms with Crippen molar-refractivity contribution in [1.29, 1.82) is 0 Å². The number of carbonyl (C=O) groups is 1. The first-order chi connectivity index (χ1) is 9.25. The van der Waals surface area contributed by atoms with Crippen molar-refractivity contribution in [3.05, 3.63) is 33.9 Å². The fourth-order valence-corrected chi connectivity index (χ4v) is 1.39. The van der Waals surface area contributed by atoms with Gasteiger partial charge in [-0.1, -0.05) is 0 Å². The van der Waals surface area contributed by atoms with E-state index in [1.807, 2.05) is 0 Å². The summed E-state index contributed by atoms with van der Waals surface area (Å²) in [5, 5.41) is 13.0. The van der Waals surface area contributed by atoms with E-state index in [1.54, 1.807) is 6.92 Å². The van der Waals surface area contributed by atoms with Gasteiger partial charge in [-0.25, -0.2) is 0 Å². The van der Waals surface area contributed by atoms with Crippen molar-refractivity contribution >= 4 is 17.3 Å². The average molecular weight is 292 g/mol. The van der Waals surface area contributed by atoms with E-state index in [9.17, 15) is 28.1 Å². The molecule has 0 saturated heterocycles. The second-order valence-electron chi connectivity index (χ2n) is 3.65. The number of esters is 1. The van der Waals surface area contributed by atoms with Gasteiger partial charge in [-0.05, 0) is 19.1 Å². The van der Waals surface area contributed by atoms with Crippen LogP contribution in [0.4, 0.5) is 24.5 Å². The van der Waals surface area contributed by atoms with Crippen LogP contribution < -0.4 is 5.32 Å². The third-order valence-corrected chi connectivity index (χ3v) is 2.25. The van der Waals surface area contributed by atoms with Crippen LogP contribution in [-0.4, -0.2) is 24.0 Å². The van der Waals surface area contributed by atoms with Crippen LogP contribution in [0.1, 0.15) is 12.5 Å². The Morgan fingerprint density at radius 1 is 1.45 bits per heavy atom. The molecule has 6 nitrogen and oxygen atoms in total. The minimum Gasteiger partial charge on any atom is -0.465 e. The molecule has 0 fully saturated rings. The first-order valence-electron chi connectivity index (χ1n) is 5.50. The summed E-state index contributed by atoms with van der Waals surface area (Å²) in [6, 6.07) is 1.92. The number of alkyl halides is 3. The van der Waals surface area contributed by atoms with Crippen LogP contribution in [0.25, 0.3) is 0 Å². The predicted octanol–water partition coefficient (Wildman–Crippen LogP) is 2.59. The molecule has 0 saturated carbocycles. The topological polar surface area (TPSA) is 81.5 Å². The molecule has 0 aliphatic rings. The molecule has 20 heavy (non-hydrogen) atoms. The summed E-state index contributed by atoms with van der Waals surface area (Å²) < 4.78 is 42.2. The Morgan fingerprint density at radius 3 is 2.60 bits per heavy atom.